The molecule has 1 aromatic heterocycles. The van der Waals surface area contributed by atoms with Crippen molar-refractivity contribution in [2.24, 2.45) is 0 Å². The Labute approximate surface area is 135 Å². The summed E-state index contributed by atoms with van der Waals surface area (Å²) in [6.45, 7) is 2.70. The average molecular weight is 311 g/mol. The van der Waals surface area contributed by atoms with Crippen LogP contribution in [0.25, 0.3) is 0 Å². The number of hydrogen-bond acceptors (Lipinski definition) is 4. The minimum absolute atomic E-state index is 0.170. The van der Waals surface area contributed by atoms with Crippen LogP contribution in [0.15, 0.2) is 34.9 Å². The van der Waals surface area contributed by atoms with E-state index >= 15 is 0 Å². The Hall–Kier alpha value is -2.30. The van der Waals surface area contributed by atoms with Gasteiger partial charge in [-0.05, 0) is 37.3 Å². The Morgan fingerprint density at radius 3 is 2.83 bits per heavy atom. The number of nitrogens with one attached hydrogen (secondary N) is 1. The van der Waals surface area contributed by atoms with Crippen molar-refractivity contribution in [3.05, 3.63) is 47.3 Å². The number of nitrogens with zero attached hydrogens (tertiary/aromatic N) is 2. The number of amides is 1. The minimum Gasteiger partial charge on any atom is -0.371 e. The molecule has 1 amide bonds. The molecule has 5 heteroatoms. The van der Waals surface area contributed by atoms with Gasteiger partial charge in [-0.3, -0.25) is 4.79 Å². The molecule has 0 atom stereocenters. The van der Waals surface area contributed by atoms with Crippen molar-refractivity contribution < 1.29 is 9.32 Å². The van der Waals surface area contributed by atoms with Gasteiger partial charge in [-0.15, -0.1) is 0 Å². The molecule has 1 N–H and O–H groups in total. The molecule has 2 fully saturated rings. The van der Waals surface area contributed by atoms with Crippen molar-refractivity contribution in [3.63, 3.8) is 0 Å². The van der Waals surface area contributed by atoms with E-state index < -0.39 is 0 Å². The summed E-state index contributed by atoms with van der Waals surface area (Å²) in [5.74, 6) is 1.14. The molecule has 4 rings (SSSR count). The van der Waals surface area contributed by atoms with Gasteiger partial charge in [0.1, 0.15) is 5.76 Å². The van der Waals surface area contributed by atoms with Crippen LogP contribution in [0.2, 0.25) is 0 Å². The van der Waals surface area contributed by atoms with Crippen molar-refractivity contribution >= 4 is 11.6 Å². The van der Waals surface area contributed by atoms with Gasteiger partial charge < -0.3 is 14.7 Å². The standard InChI is InChI=1S/C18H21N3O2/c22-18(15-11-17(23-20-15)13-7-8-13)19-12-14-5-1-2-6-16(14)21-9-3-4-10-21/h1-2,5-6,11,13H,3-4,7-10,12H2,(H,19,22). The van der Waals surface area contributed by atoms with Crippen LogP contribution in [-0.4, -0.2) is 24.2 Å². The summed E-state index contributed by atoms with van der Waals surface area (Å²) in [5, 5.41) is 6.86. The monoisotopic (exact) mass is 311 g/mol. The Bertz CT molecular complexity index is 700. The Morgan fingerprint density at radius 2 is 2.04 bits per heavy atom. The number of carbonyl (C=O) groups excluding carboxylic acids is 1. The fourth-order valence-corrected chi connectivity index (χ4v) is 3.15. The van der Waals surface area contributed by atoms with Crippen LogP contribution in [-0.2, 0) is 6.54 Å². The third-order valence-corrected chi connectivity index (χ3v) is 4.62. The highest BCUT2D eigenvalue weighted by molar-refractivity contribution is 5.92. The van der Waals surface area contributed by atoms with Crippen LogP contribution in [0, 0.1) is 0 Å². The summed E-state index contributed by atoms with van der Waals surface area (Å²) < 4.78 is 5.25. The highest BCUT2D eigenvalue weighted by Gasteiger charge is 2.28. The van der Waals surface area contributed by atoms with Crippen LogP contribution in [0.4, 0.5) is 5.69 Å². The first-order valence-electron chi connectivity index (χ1n) is 8.39. The molecule has 120 valence electrons. The van der Waals surface area contributed by atoms with E-state index in [-0.39, 0.29) is 5.91 Å². The highest BCUT2D eigenvalue weighted by Crippen LogP contribution is 2.40. The van der Waals surface area contributed by atoms with E-state index in [1.54, 1.807) is 6.07 Å². The van der Waals surface area contributed by atoms with E-state index in [9.17, 15) is 4.79 Å². The van der Waals surface area contributed by atoms with E-state index in [4.69, 9.17) is 4.52 Å². The molecule has 23 heavy (non-hydrogen) atoms. The maximum atomic E-state index is 12.3. The van der Waals surface area contributed by atoms with E-state index in [0.29, 0.717) is 18.2 Å². The molecule has 1 aliphatic carbocycles. The summed E-state index contributed by atoms with van der Waals surface area (Å²) in [6.07, 6.45) is 4.76. The fourth-order valence-electron chi connectivity index (χ4n) is 3.15. The quantitative estimate of drug-likeness (QED) is 0.922. The second-order valence-corrected chi connectivity index (χ2v) is 6.39. The number of anilines is 1. The largest absolute Gasteiger partial charge is 0.371 e. The minimum atomic E-state index is -0.170. The first-order chi connectivity index (χ1) is 11.3. The van der Waals surface area contributed by atoms with Gasteiger partial charge in [0.25, 0.3) is 5.91 Å². The Kier molecular flexibility index (Phi) is 3.77. The third-order valence-electron chi connectivity index (χ3n) is 4.62. The molecule has 1 saturated heterocycles. The number of benzene rings is 1. The summed E-state index contributed by atoms with van der Waals surface area (Å²) in [5.41, 5.74) is 2.75. The van der Waals surface area contributed by atoms with Gasteiger partial charge in [-0.2, -0.15) is 0 Å². The lowest BCUT2D eigenvalue weighted by Crippen LogP contribution is -2.25. The first-order valence-corrected chi connectivity index (χ1v) is 8.39. The predicted octanol–water partition coefficient (Wildman–Crippen LogP) is 3.08. The molecule has 0 bridgehead atoms. The lowest BCUT2D eigenvalue weighted by Gasteiger charge is -2.21. The zero-order valence-electron chi connectivity index (χ0n) is 13.1. The zero-order valence-corrected chi connectivity index (χ0v) is 13.1. The molecular formula is C18H21N3O2. The Morgan fingerprint density at radius 1 is 1.26 bits per heavy atom. The average Bonchev–Trinajstić information content (AvgIpc) is 3.10. The smallest absolute Gasteiger partial charge is 0.273 e. The fraction of sp³-hybridized carbons (Fsp3) is 0.444. The van der Waals surface area contributed by atoms with Crippen LogP contribution in [0.5, 0.6) is 0 Å². The summed E-state index contributed by atoms with van der Waals surface area (Å²) in [4.78, 5) is 14.7. The van der Waals surface area contributed by atoms with Crippen molar-refractivity contribution in [1.82, 2.24) is 10.5 Å². The molecule has 5 nitrogen and oxygen atoms in total. The van der Waals surface area contributed by atoms with Crippen LogP contribution >= 0.6 is 0 Å². The molecular weight excluding hydrogens is 290 g/mol. The second-order valence-electron chi connectivity index (χ2n) is 6.39. The lowest BCUT2D eigenvalue weighted by atomic mass is 10.1. The van der Waals surface area contributed by atoms with Gasteiger partial charge in [0.2, 0.25) is 0 Å². The molecule has 1 saturated carbocycles. The summed E-state index contributed by atoms with van der Waals surface area (Å²) in [6, 6.07) is 10.1. The maximum absolute atomic E-state index is 12.3. The van der Waals surface area contributed by atoms with Gasteiger partial charge in [-0.25, -0.2) is 0 Å². The first kappa shape index (κ1) is 14.3. The topological polar surface area (TPSA) is 58.4 Å². The van der Waals surface area contributed by atoms with E-state index in [2.05, 4.69) is 33.6 Å². The van der Waals surface area contributed by atoms with Crippen LogP contribution < -0.4 is 10.2 Å². The maximum Gasteiger partial charge on any atom is 0.273 e. The molecule has 2 aliphatic rings. The molecule has 0 spiro atoms. The van der Waals surface area contributed by atoms with Crippen molar-refractivity contribution in [2.75, 3.05) is 18.0 Å². The van der Waals surface area contributed by atoms with Gasteiger partial charge in [-0.1, -0.05) is 23.4 Å². The number of para-hydroxylation sites is 1. The Balaban J connectivity index is 1.42. The molecule has 2 aromatic rings. The SMILES string of the molecule is O=C(NCc1ccccc1N1CCCC1)c1cc(C2CC2)on1. The molecule has 2 heterocycles. The lowest BCUT2D eigenvalue weighted by molar-refractivity contribution is 0.0942. The van der Waals surface area contributed by atoms with Crippen LogP contribution in [0.3, 0.4) is 0 Å². The molecule has 0 unspecified atom stereocenters. The van der Waals surface area contributed by atoms with Crippen molar-refractivity contribution in [1.29, 1.82) is 0 Å². The normalized spacial score (nSPS) is 17.5. The van der Waals surface area contributed by atoms with Crippen molar-refractivity contribution in [2.45, 2.75) is 38.1 Å². The predicted molar refractivity (Wildman–Crippen MR) is 87.5 cm³/mol. The van der Waals surface area contributed by atoms with Crippen LogP contribution in [0.1, 0.15) is 53.4 Å². The molecule has 1 aromatic carbocycles. The number of rotatable bonds is 5. The molecule has 1 aliphatic heterocycles. The second kappa shape index (κ2) is 6.07. The van der Waals surface area contributed by atoms with Gasteiger partial charge in [0.05, 0.1) is 0 Å². The zero-order chi connectivity index (χ0) is 15.6. The summed E-state index contributed by atoms with van der Waals surface area (Å²) in [7, 11) is 0. The van der Waals surface area contributed by atoms with E-state index in [1.807, 2.05) is 6.07 Å². The molecule has 0 radical (unpaired) electrons. The number of aromatic nitrogens is 1. The summed E-state index contributed by atoms with van der Waals surface area (Å²) >= 11 is 0. The van der Waals surface area contributed by atoms with Gasteiger partial charge in [0.15, 0.2) is 5.69 Å². The van der Waals surface area contributed by atoms with E-state index in [1.165, 1.54) is 18.5 Å². The van der Waals surface area contributed by atoms with Gasteiger partial charge in [0, 0.05) is 37.3 Å². The van der Waals surface area contributed by atoms with Gasteiger partial charge >= 0.3 is 0 Å². The number of hydrogen-bond donors (Lipinski definition) is 1. The van der Waals surface area contributed by atoms with Crippen molar-refractivity contribution in [3.8, 4) is 0 Å². The van der Waals surface area contributed by atoms with E-state index in [0.717, 1.165) is 37.3 Å². The highest BCUT2D eigenvalue weighted by atomic mass is 16.5. The third kappa shape index (κ3) is 3.09. The number of carbonyl (C=O) groups is 1.